The van der Waals surface area contributed by atoms with Crippen LogP contribution in [0.3, 0.4) is 0 Å². The van der Waals surface area contributed by atoms with Gasteiger partial charge < -0.3 is 4.57 Å². The van der Waals surface area contributed by atoms with Gasteiger partial charge in [0.2, 0.25) is 0 Å². The Bertz CT molecular complexity index is 3640. The summed E-state index contributed by atoms with van der Waals surface area (Å²) in [6, 6.07) is 44.7. The first-order valence-electron chi connectivity index (χ1n) is 22.1. The van der Waals surface area contributed by atoms with Gasteiger partial charge in [-0.1, -0.05) is 158 Å². The lowest BCUT2D eigenvalue weighted by molar-refractivity contribution is 1.08. The first-order chi connectivity index (χ1) is 31.1. The van der Waals surface area contributed by atoms with E-state index < -0.39 is 24.2 Å². The van der Waals surface area contributed by atoms with Crippen molar-refractivity contribution in [3.8, 4) is 62.1 Å². The minimum absolute atomic E-state index is 0.0315. The molecule has 5 heteroatoms. The van der Waals surface area contributed by atoms with Gasteiger partial charge in [-0.3, -0.25) is 0 Å². The number of thiophene rings is 1. The van der Waals surface area contributed by atoms with E-state index in [4.69, 9.17) is 25.9 Å². The van der Waals surface area contributed by atoms with Gasteiger partial charge >= 0.3 is 0 Å². The molecule has 0 amide bonds. The second-order valence-corrected chi connectivity index (χ2v) is 14.4. The molecule has 0 saturated heterocycles. The zero-order valence-corrected chi connectivity index (χ0v) is 30.4. The van der Waals surface area contributed by atoms with Crippen molar-refractivity contribution >= 4 is 53.3 Å². The second kappa shape index (κ2) is 13.3. The maximum Gasteiger partial charge on any atom is 0.165 e. The van der Waals surface area contributed by atoms with Crippen molar-refractivity contribution in [3.05, 3.63) is 194 Å². The fraction of sp³-hybridized carbons (Fsp3) is 0. The van der Waals surface area contributed by atoms with Gasteiger partial charge in [-0.05, 0) is 58.6 Å². The summed E-state index contributed by atoms with van der Waals surface area (Å²) in [6.07, 6.45) is 0. The molecule has 4 nitrogen and oxygen atoms in total. The molecule has 0 fully saturated rings. The molecule has 0 bridgehead atoms. The predicted molar refractivity (Wildman–Crippen MR) is 234 cm³/mol. The van der Waals surface area contributed by atoms with E-state index in [-0.39, 0.29) is 46.0 Å². The van der Waals surface area contributed by atoms with E-state index in [1.165, 1.54) is 14.7 Å². The van der Waals surface area contributed by atoms with Gasteiger partial charge in [0, 0.05) is 53.3 Å². The van der Waals surface area contributed by atoms with Crippen molar-refractivity contribution in [2.75, 3.05) is 0 Å². The molecule has 0 saturated carbocycles. The zero-order valence-electron chi connectivity index (χ0n) is 37.6. The molecule has 11 rings (SSSR count). The standard InChI is InChI=1S/C51H32N4S/c1-2-15-33(16-3-1)36-17-4-6-22-42(36)49-52-50(54-51(53-49)44-25-14-24-41-40-21-10-13-28-47(40)56-48(41)44)43-23-7-5-18-37(43)34-29-31-35(32-30-34)55-45-26-11-8-19-38(45)39-20-9-12-27-46(39)55/h1-32H/i8D,9D,11D,12D,19D,20D,26D,27D. The minimum Gasteiger partial charge on any atom is -0.309 e. The van der Waals surface area contributed by atoms with Gasteiger partial charge in [0.1, 0.15) is 0 Å². The fourth-order valence-electron chi connectivity index (χ4n) is 7.61. The van der Waals surface area contributed by atoms with E-state index in [1.807, 2.05) is 84.9 Å². The maximum atomic E-state index is 8.94. The first-order valence-corrected chi connectivity index (χ1v) is 18.9. The molecule has 0 N–H and O–H groups in total. The summed E-state index contributed by atoms with van der Waals surface area (Å²) in [5.41, 5.74) is 6.71. The first kappa shape index (κ1) is 25.0. The highest BCUT2D eigenvalue weighted by Gasteiger charge is 2.20. The summed E-state index contributed by atoms with van der Waals surface area (Å²) in [5, 5.41) is 2.36. The lowest BCUT2D eigenvalue weighted by Crippen LogP contribution is -2.02. The molecule has 0 aliphatic heterocycles. The smallest absolute Gasteiger partial charge is 0.165 e. The number of rotatable bonds is 6. The topological polar surface area (TPSA) is 43.6 Å². The average molecular weight is 741 g/mol. The predicted octanol–water partition coefficient (Wildman–Crippen LogP) is 13.7. The average Bonchev–Trinajstić information content (AvgIpc) is 3.91. The van der Waals surface area contributed by atoms with Crippen LogP contribution in [0.25, 0.3) is 104 Å². The Kier molecular flexibility index (Phi) is 5.92. The Hall–Kier alpha value is -7.21. The monoisotopic (exact) mass is 740 g/mol. The van der Waals surface area contributed by atoms with Crippen LogP contribution in [0.15, 0.2) is 194 Å². The highest BCUT2D eigenvalue weighted by molar-refractivity contribution is 7.26. The van der Waals surface area contributed by atoms with Crippen LogP contribution in [-0.2, 0) is 0 Å². The van der Waals surface area contributed by atoms with E-state index in [0.717, 1.165) is 49.0 Å². The quantitative estimate of drug-likeness (QED) is 0.170. The number of fused-ring (bicyclic) bond motifs is 6. The SMILES string of the molecule is [2H]c1c([2H])c([2H])c2c(c1[2H])c1c([2H])c([2H])c([2H])c([2H])c1n2-c1ccc(-c2ccccc2-c2nc(-c3ccccc3-c3ccccc3)nc(-c3cccc4c3sc3ccccc34)n2)cc1. The summed E-state index contributed by atoms with van der Waals surface area (Å²) < 4.78 is 73.1. The Labute approximate surface area is 338 Å². The molecule has 0 unspecified atom stereocenters. The fourth-order valence-corrected chi connectivity index (χ4v) is 8.82. The van der Waals surface area contributed by atoms with Crippen LogP contribution in [0.4, 0.5) is 0 Å². The molecular weight excluding hydrogens is 701 g/mol. The molecule has 0 spiro atoms. The van der Waals surface area contributed by atoms with E-state index in [9.17, 15) is 0 Å². The Balaban J connectivity index is 1.11. The second-order valence-electron chi connectivity index (χ2n) is 13.4. The lowest BCUT2D eigenvalue weighted by Gasteiger charge is -2.14. The Morgan fingerprint density at radius 2 is 0.875 bits per heavy atom. The molecule has 3 aromatic heterocycles. The van der Waals surface area contributed by atoms with E-state index in [2.05, 4.69) is 48.5 Å². The highest BCUT2D eigenvalue weighted by Crippen LogP contribution is 2.41. The number of hydrogen-bond acceptors (Lipinski definition) is 4. The van der Waals surface area contributed by atoms with Gasteiger partial charge in [-0.15, -0.1) is 11.3 Å². The van der Waals surface area contributed by atoms with E-state index in [0.29, 0.717) is 23.2 Å². The van der Waals surface area contributed by atoms with Gasteiger partial charge in [0.25, 0.3) is 0 Å². The number of para-hydroxylation sites is 2. The third-order valence-electron chi connectivity index (χ3n) is 10.2. The van der Waals surface area contributed by atoms with Gasteiger partial charge in [0.15, 0.2) is 17.5 Å². The molecule has 0 aliphatic carbocycles. The molecule has 0 aliphatic rings. The molecule has 3 heterocycles. The normalized spacial score (nSPS) is 13.6. The van der Waals surface area contributed by atoms with E-state index in [1.54, 1.807) is 23.5 Å². The third-order valence-corrected chi connectivity index (χ3v) is 11.4. The number of hydrogen-bond donors (Lipinski definition) is 0. The van der Waals surface area contributed by atoms with E-state index >= 15 is 0 Å². The van der Waals surface area contributed by atoms with Crippen molar-refractivity contribution in [2.24, 2.45) is 0 Å². The molecule has 262 valence electrons. The van der Waals surface area contributed by atoms with Crippen molar-refractivity contribution in [1.82, 2.24) is 19.5 Å². The summed E-state index contributed by atoms with van der Waals surface area (Å²) in [7, 11) is 0. The van der Waals surface area contributed by atoms with Crippen LogP contribution >= 0.6 is 11.3 Å². The van der Waals surface area contributed by atoms with Gasteiger partial charge in [-0.25, -0.2) is 15.0 Å². The van der Waals surface area contributed by atoms with Gasteiger partial charge in [0.05, 0.1) is 22.0 Å². The highest BCUT2D eigenvalue weighted by atomic mass is 32.1. The largest absolute Gasteiger partial charge is 0.309 e. The molecule has 0 atom stereocenters. The molecular formula is C51H32N4S. The molecule has 11 aromatic rings. The summed E-state index contributed by atoms with van der Waals surface area (Å²) in [5.74, 6) is 1.52. The number of aromatic nitrogens is 4. The number of nitrogens with zero attached hydrogens (tertiary/aromatic N) is 4. The van der Waals surface area contributed by atoms with Crippen LogP contribution in [0, 0.1) is 0 Å². The van der Waals surface area contributed by atoms with Crippen molar-refractivity contribution < 1.29 is 11.0 Å². The maximum absolute atomic E-state index is 8.94. The van der Waals surface area contributed by atoms with Crippen LogP contribution in [0.2, 0.25) is 0 Å². The summed E-state index contributed by atoms with van der Waals surface area (Å²) in [6.45, 7) is 0. The Morgan fingerprint density at radius 3 is 1.52 bits per heavy atom. The van der Waals surface area contributed by atoms with Crippen LogP contribution in [-0.4, -0.2) is 19.5 Å². The van der Waals surface area contributed by atoms with Crippen LogP contribution in [0.5, 0.6) is 0 Å². The summed E-state index contributed by atoms with van der Waals surface area (Å²) >= 11 is 1.71. The third kappa shape index (κ3) is 5.32. The van der Waals surface area contributed by atoms with Crippen LogP contribution < -0.4 is 0 Å². The van der Waals surface area contributed by atoms with Crippen LogP contribution in [0.1, 0.15) is 11.0 Å². The van der Waals surface area contributed by atoms with Crippen molar-refractivity contribution in [3.63, 3.8) is 0 Å². The molecule has 8 aromatic carbocycles. The van der Waals surface area contributed by atoms with Crippen molar-refractivity contribution in [1.29, 1.82) is 0 Å². The van der Waals surface area contributed by atoms with Crippen molar-refractivity contribution in [2.45, 2.75) is 0 Å². The zero-order chi connectivity index (χ0) is 44.0. The van der Waals surface area contributed by atoms with Gasteiger partial charge in [-0.2, -0.15) is 0 Å². The molecule has 56 heavy (non-hydrogen) atoms. The minimum atomic E-state index is -0.482. The molecule has 0 radical (unpaired) electrons. The number of benzene rings is 8. The lowest BCUT2D eigenvalue weighted by atomic mass is 9.98. The summed E-state index contributed by atoms with van der Waals surface area (Å²) in [4.78, 5) is 15.7. The Morgan fingerprint density at radius 1 is 0.393 bits per heavy atom.